The molecular weight excluding hydrogens is 278 g/mol. The van der Waals surface area contributed by atoms with Crippen molar-refractivity contribution in [3.05, 3.63) is 52.5 Å². The van der Waals surface area contributed by atoms with E-state index in [0.29, 0.717) is 23.9 Å². The lowest BCUT2D eigenvalue weighted by Crippen LogP contribution is -1.96. The van der Waals surface area contributed by atoms with Crippen molar-refractivity contribution in [3.8, 4) is 11.5 Å². The molecule has 1 heterocycles. The minimum atomic E-state index is 0.276. The zero-order valence-corrected chi connectivity index (χ0v) is 11.5. The van der Waals surface area contributed by atoms with Gasteiger partial charge in [-0.05, 0) is 41.5 Å². The number of anilines is 1. The Morgan fingerprint density at radius 3 is 2.80 bits per heavy atom. The summed E-state index contributed by atoms with van der Waals surface area (Å²) in [5.41, 5.74) is 8.31. The smallest absolute Gasteiger partial charge is 0.231 e. The first-order valence-electron chi connectivity index (χ1n) is 6.22. The van der Waals surface area contributed by atoms with E-state index in [2.05, 4.69) is 0 Å². The first-order valence-corrected chi connectivity index (χ1v) is 6.60. The molecule has 0 unspecified atom stereocenters. The molecule has 1 aliphatic rings. The van der Waals surface area contributed by atoms with E-state index >= 15 is 0 Å². The van der Waals surface area contributed by atoms with Gasteiger partial charge in [0.25, 0.3) is 0 Å². The fourth-order valence-electron chi connectivity index (χ4n) is 2.01. The van der Waals surface area contributed by atoms with Gasteiger partial charge in [0.2, 0.25) is 6.79 Å². The second kappa shape index (κ2) is 5.61. The fourth-order valence-corrected chi connectivity index (χ4v) is 2.19. The third-order valence-corrected chi connectivity index (χ3v) is 3.40. The summed E-state index contributed by atoms with van der Waals surface area (Å²) in [6.07, 6.45) is 0. The molecule has 0 bridgehead atoms. The van der Waals surface area contributed by atoms with Crippen molar-refractivity contribution in [1.29, 1.82) is 0 Å². The normalized spacial score (nSPS) is 12.7. The van der Waals surface area contributed by atoms with Gasteiger partial charge in [0.15, 0.2) is 11.5 Å². The summed E-state index contributed by atoms with van der Waals surface area (Å²) < 4.78 is 16.2. The highest BCUT2D eigenvalue weighted by Gasteiger charge is 2.13. The van der Waals surface area contributed by atoms with E-state index in [-0.39, 0.29) is 6.79 Å². The average Bonchev–Trinajstić information content (AvgIpc) is 2.90. The highest BCUT2D eigenvalue weighted by atomic mass is 35.5. The zero-order chi connectivity index (χ0) is 13.9. The maximum Gasteiger partial charge on any atom is 0.231 e. The molecule has 0 saturated carbocycles. The van der Waals surface area contributed by atoms with Crippen LogP contribution >= 0.6 is 11.6 Å². The Hall–Kier alpha value is -1.91. The number of hydrogen-bond acceptors (Lipinski definition) is 4. The van der Waals surface area contributed by atoms with Crippen LogP contribution in [0.15, 0.2) is 36.4 Å². The van der Waals surface area contributed by atoms with Crippen LogP contribution in [0.25, 0.3) is 0 Å². The Kier molecular flexibility index (Phi) is 3.67. The molecule has 0 radical (unpaired) electrons. The van der Waals surface area contributed by atoms with Gasteiger partial charge in [-0.1, -0.05) is 17.7 Å². The first kappa shape index (κ1) is 13.1. The van der Waals surface area contributed by atoms with Gasteiger partial charge in [0.1, 0.15) is 0 Å². The van der Waals surface area contributed by atoms with Crippen LogP contribution < -0.4 is 15.2 Å². The van der Waals surface area contributed by atoms with Crippen LogP contribution in [0.3, 0.4) is 0 Å². The second-order valence-electron chi connectivity index (χ2n) is 4.53. The molecule has 4 nitrogen and oxygen atoms in total. The summed E-state index contributed by atoms with van der Waals surface area (Å²) in [5.74, 6) is 1.53. The fraction of sp³-hybridized carbons (Fsp3) is 0.200. The van der Waals surface area contributed by atoms with E-state index in [1.54, 1.807) is 12.1 Å². The summed E-state index contributed by atoms with van der Waals surface area (Å²) in [6, 6.07) is 11.1. The zero-order valence-electron chi connectivity index (χ0n) is 10.8. The number of nitrogen functional groups attached to an aromatic ring is 1. The van der Waals surface area contributed by atoms with Gasteiger partial charge in [0.05, 0.1) is 13.2 Å². The van der Waals surface area contributed by atoms with Crippen molar-refractivity contribution in [3.63, 3.8) is 0 Å². The van der Waals surface area contributed by atoms with Gasteiger partial charge < -0.3 is 19.9 Å². The molecule has 1 aliphatic heterocycles. The number of nitrogens with two attached hydrogens (primary N) is 1. The SMILES string of the molecule is Nc1ccc(Cl)c(COCc2ccc3c(c2)OCO3)c1. The third-order valence-electron chi connectivity index (χ3n) is 3.03. The van der Waals surface area contributed by atoms with Crippen molar-refractivity contribution in [2.75, 3.05) is 12.5 Å². The third kappa shape index (κ3) is 2.81. The monoisotopic (exact) mass is 291 g/mol. The molecule has 104 valence electrons. The molecule has 5 heteroatoms. The molecular formula is C15H14ClNO3. The van der Waals surface area contributed by atoms with Crippen LogP contribution in [0.4, 0.5) is 5.69 Å². The predicted octanol–water partition coefficient (Wildman–Crippen LogP) is 3.37. The first-order chi connectivity index (χ1) is 9.72. The van der Waals surface area contributed by atoms with E-state index in [9.17, 15) is 0 Å². The van der Waals surface area contributed by atoms with Crippen molar-refractivity contribution in [2.24, 2.45) is 0 Å². The van der Waals surface area contributed by atoms with Gasteiger partial charge in [-0.2, -0.15) is 0 Å². The van der Waals surface area contributed by atoms with Crippen LogP contribution in [0.2, 0.25) is 5.02 Å². The van der Waals surface area contributed by atoms with E-state index in [4.69, 9.17) is 31.5 Å². The molecule has 0 spiro atoms. The molecule has 0 saturated heterocycles. The van der Waals surface area contributed by atoms with Gasteiger partial charge in [0, 0.05) is 10.7 Å². The lowest BCUT2D eigenvalue weighted by Gasteiger charge is -2.08. The summed E-state index contributed by atoms with van der Waals surface area (Å²) in [6.45, 7) is 1.17. The number of benzene rings is 2. The van der Waals surface area contributed by atoms with E-state index in [0.717, 1.165) is 22.6 Å². The van der Waals surface area contributed by atoms with Crippen LogP contribution in [-0.4, -0.2) is 6.79 Å². The van der Waals surface area contributed by atoms with E-state index in [1.165, 1.54) is 0 Å². The Bertz CT molecular complexity index is 631. The van der Waals surface area contributed by atoms with Crippen molar-refractivity contribution in [1.82, 2.24) is 0 Å². The topological polar surface area (TPSA) is 53.7 Å². The highest BCUT2D eigenvalue weighted by molar-refractivity contribution is 6.31. The molecule has 2 aromatic carbocycles. The Labute approximate surface area is 122 Å². The molecule has 2 aromatic rings. The van der Waals surface area contributed by atoms with Gasteiger partial charge in [-0.3, -0.25) is 0 Å². The molecule has 0 atom stereocenters. The lowest BCUT2D eigenvalue weighted by molar-refractivity contribution is 0.107. The largest absolute Gasteiger partial charge is 0.454 e. The summed E-state index contributed by atoms with van der Waals surface area (Å²) in [4.78, 5) is 0. The summed E-state index contributed by atoms with van der Waals surface area (Å²) in [7, 11) is 0. The molecule has 2 N–H and O–H groups in total. The molecule has 0 fully saturated rings. The van der Waals surface area contributed by atoms with Crippen molar-refractivity contribution < 1.29 is 14.2 Å². The van der Waals surface area contributed by atoms with Crippen molar-refractivity contribution in [2.45, 2.75) is 13.2 Å². The average molecular weight is 292 g/mol. The number of rotatable bonds is 4. The van der Waals surface area contributed by atoms with E-state index in [1.807, 2.05) is 24.3 Å². The number of ether oxygens (including phenoxy) is 3. The maximum absolute atomic E-state index is 6.08. The quantitative estimate of drug-likeness (QED) is 0.878. The Morgan fingerprint density at radius 1 is 1.05 bits per heavy atom. The predicted molar refractivity (Wildman–Crippen MR) is 76.9 cm³/mol. The standard InChI is InChI=1S/C15H14ClNO3/c16-13-3-2-12(17)6-11(13)8-18-7-10-1-4-14-15(5-10)20-9-19-14/h1-6H,7-9,17H2. The number of halogens is 1. The Morgan fingerprint density at radius 2 is 1.90 bits per heavy atom. The van der Waals surface area contributed by atoms with Gasteiger partial charge in [-0.25, -0.2) is 0 Å². The van der Waals surface area contributed by atoms with Crippen LogP contribution in [0.5, 0.6) is 11.5 Å². The van der Waals surface area contributed by atoms with Crippen LogP contribution in [0, 0.1) is 0 Å². The molecule has 0 aromatic heterocycles. The van der Waals surface area contributed by atoms with Crippen LogP contribution in [-0.2, 0) is 18.0 Å². The minimum absolute atomic E-state index is 0.276. The molecule has 0 amide bonds. The van der Waals surface area contributed by atoms with E-state index < -0.39 is 0 Å². The number of hydrogen-bond donors (Lipinski definition) is 1. The van der Waals surface area contributed by atoms with Crippen LogP contribution in [0.1, 0.15) is 11.1 Å². The minimum Gasteiger partial charge on any atom is -0.454 e. The van der Waals surface area contributed by atoms with Crippen molar-refractivity contribution >= 4 is 17.3 Å². The summed E-state index contributed by atoms with van der Waals surface area (Å²) in [5, 5.41) is 0.657. The number of fused-ring (bicyclic) bond motifs is 1. The maximum atomic E-state index is 6.08. The van der Waals surface area contributed by atoms with Gasteiger partial charge in [-0.15, -0.1) is 0 Å². The Balaban J connectivity index is 1.61. The summed E-state index contributed by atoms with van der Waals surface area (Å²) >= 11 is 6.08. The highest BCUT2D eigenvalue weighted by Crippen LogP contribution is 2.32. The lowest BCUT2D eigenvalue weighted by atomic mass is 10.2. The van der Waals surface area contributed by atoms with Gasteiger partial charge >= 0.3 is 0 Å². The second-order valence-corrected chi connectivity index (χ2v) is 4.94. The molecule has 3 rings (SSSR count). The molecule has 20 heavy (non-hydrogen) atoms. The molecule has 0 aliphatic carbocycles.